The largest absolute Gasteiger partial charge is 0.462 e. The molecule has 0 aromatic heterocycles. The van der Waals surface area contributed by atoms with Crippen molar-refractivity contribution in [3.63, 3.8) is 0 Å². The van der Waals surface area contributed by atoms with Crippen molar-refractivity contribution in [3.8, 4) is 0 Å². The van der Waals surface area contributed by atoms with Gasteiger partial charge >= 0.3 is 17.9 Å². The van der Waals surface area contributed by atoms with Gasteiger partial charge in [-0.05, 0) is 64.2 Å². The SMILES string of the molecule is CCCCCCCC/C=C/C/C=C/CCC(=O)OCC(COC(=O)CCCCCCCCCCCCCCCCCCCC)OC(=O)CCCCC/C=C/C=C/CCCCCCCCC. The van der Waals surface area contributed by atoms with Crippen LogP contribution >= 0.6 is 0 Å². The van der Waals surface area contributed by atoms with Crippen molar-refractivity contribution >= 4 is 17.9 Å². The van der Waals surface area contributed by atoms with Gasteiger partial charge in [0.2, 0.25) is 0 Å². The molecule has 0 aromatic rings. The topological polar surface area (TPSA) is 78.9 Å². The first-order valence-electron chi connectivity index (χ1n) is 28.2. The Morgan fingerprint density at radius 1 is 0.323 bits per heavy atom. The molecule has 0 saturated heterocycles. The first kappa shape index (κ1) is 62.4. The quantitative estimate of drug-likeness (QED) is 0.0199. The highest BCUT2D eigenvalue weighted by molar-refractivity contribution is 5.71. The first-order valence-corrected chi connectivity index (χ1v) is 28.2. The van der Waals surface area contributed by atoms with Gasteiger partial charge in [0.25, 0.3) is 0 Å². The lowest BCUT2D eigenvalue weighted by atomic mass is 10.0. The Hall–Kier alpha value is -2.63. The molecular weight excluding hydrogens is 805 g/mol. The Morgan fingerprint density at radius 2 is 0.631 bits per heavy atom. The lowest BCUT2D eigenvalue weighted by molar-refractivity contribution is -0.166. The maximum Gasteiger partial charge on any atom is 0.306 e. The highest BCUT2D eigenvalue weighted by Crippen LogP contribution is 2.16. The van der Waals surface area contributed by atoms with Crippen LogP contribution in [0.3, 0.4) is 0 Å². The number of carbonyl (C=O) groups is 3. The van der Waals surface area contributed by atoms with E-state index in [2.05, 4.69) is 63.3 Å². The molecule has 6 nitrogen and oxygen atoms in total. The van der Waals surface area contributed by atoms with Crippen LogP contribution in [0.4, 0.5) is 0 Å². The van der Waals surface area contributed by atoms with Crippen LogP contribution in [0.1, 0.15) is 290 Å². The molecule has 0 rings (SSSR count). The van der Waals surface area contributed by atoms with Crippen LogP contribution in [-0.2, 0) is 28.6 Å². The van der Waals surface area contributed by atoms with Crippen molar-refractivity contribution in [2.75, 3.05) is 13.2 Å². The summed E-state index contributed by atoms with van der Waals surface area (Å²) in [4.78, 5) is 38.0. The summed E-state index contributed by atoms with van der Waals surface area (Å²) >= 11 is 0. The number of ether oxygens (including phenoxy) is 3. The zero-order valence-corrected chi connectivity index (χ0v) is 43.3. The number of carbonyl (C=O) groups excluding carboxylic acids is 3. The van der Waals surface area contributed by atoms with Gasteiger partial charge in [-0.25, -0.2) is 0 Å². The van der Waals surface area contributed by atoms with Gasteiger partial charge < -0.3 is 14.2 Å². The molecule has 378 valence electrons. The number of unbranched alkanes of at least 4 members (excludes halogenated alkanes) is 33. The molecule has 1 atom stereocenters. The van der Waals surface area contributed by atoms with Crippen LogP contribution < -0.4 is 0 Å². The van der Waals surface area contributed by atoms with E-state index in [1.807, 2.05) is 6.08 Å². The van der Waals surface area contributed by atoms with Gasteiger partial charge in [-0.2, -0.15) is 0 Å². The fourth-order valence-corrected chi connectivity index (χ4v) is 8.08. The predicted molar refractivity (Wildman–Crippen MR) is 279 cm³/mol. The molecule has 0 bridgehead atoms. The van der Waals surface area contributed by atoms with Gasteiger partial charge in [0, 0.05) is 19.3 Å². The maximum atomic E-state index is 12.8. The summed E-state index contributed by atoms with van der Waals surface area (Å²) in [5.41, 5.74) is 0. The Labute approximate surface area is 403 Å². The van der Waals surface area contributed by atoms with Crippen LogP contribution in [0.2, 0.25) is 0 Å². The van der Waals surface area contributed by atoms with Crippen LogP contribution in [-0.4, -0.2) is 37.2 Å². The van der Waals surface area contributed by atoms with Crippen molar-refractivity contribution in [3.05, 3.63) is 48.6 Å². The van der Waals surface area contributed by atoms with Crippen molar-refractivity contribution in [2.45, 2.75) is 297 Å². The summed E-state index contributed by atoms with van der Waals surface area (Å²) in [5.74, 6) is -0.984. The summed E-state index contributed by atoms with van der Waals surface area (Å²) in [6.07, 6.45) is 65.5. The van der Waals surface area contributed by atoms with E-state index in [1.165, 1.54) is 180 Å². The monoisotopic (exact) mass is 911 g/mol. The Morgan fingerprint density at radius 3 is 1.05 bits per heavy atom. The Bertz CT molecular complexity index is 1140. The molecule has 1 unspecified atom stereocenters. The number of allylic oxidation sites excluding steroid dienone is 8. The molecule has 0 aliphatic rings. The van der Waals surface area contributed by atoms with Crippen LogP contribution in [0.25, 0.3) is 0 Å². The number of hydrogen-bond acceptors (Lipinski definition) is 6. The van der Waals surface area contributed by atoms with Crippen molar-refractivity contribution < 1.29 is 28.6 Å². The van der Waals surface area contributed by atoms with Gasteiger partial charge in [0.05, 0.1) is 0 Å². The maximum absolute atomic E-state index is 12.8. The van der Waals surface area contributed by atoms with Gasteiger partial charge in [0.15, 0.2) is 6.10 Å². The van der Waals surface area contributed by atoms with E-state index in [9.17, 15) is 14.4 Å². The molecule has 6 heteroatoms. The molecule has 0 N–H and O–H groups in total. The van der Waals surface area contributed by atoms with Gasteiger partial charge in [-0.3, -0.25) is 14.4 Å². The second-order valence-corrected chi connectivity index (χ2v) is 18.9. The zero-order valence-electron chi connectivity index (χ0n) is 43.3. The van der Waals surface area contributed by atoms with E-state index in [0.29, 0.717) is 12.8 Å². The Kier molecular flexibility index (Phi) is 51.8. The minimum absolute atomic E-state index is 0.0981. The summed E-state index contributed by atoms with van der Waals surface area (Å²) in [6, 6.07) is 0. The fraction of sp³-hybridized carbons (Fsp3) is 0.814. The highest BCUT2D eigenvalue weighted by Gasteiger charge is 2.19. The average Bonchev–Trinajstić information content (AvgIpc) is 3.30. The zero-order chi connectivity index (χ0) is 47.2. The van der Waals surface area contributed by atoms with E-state index in [0.717, 1.165) is 64.2 Å². The summed E-state index contributed by atoms with van der Waals surface area (Å²) < 4.78 is 16.8. The highest BCUT2D eigenvalue weighted by atomic mass is 16.6. The van der Waals surface area contributed by atoms with Gasteiger partial charge in [-0.15, -0.1) is 0 Å². The normalized spacial score (nSPS) is 12.4. The van der Waals surface area contributed by atoms with Crippen molar-refractivity contribution in [1.29, 1.82) is 0 Å². The number of rotatable bonds is 51. The van der Waals surface area contributed by atoms with Gasteiger partial charge in [0.1, 0.15) is 13.2 Å². The van der Waals surface area contributed by atoms with Crippen molar-refractivity contribution in [1.82, 2.24) is 0 Å². The average molecular weight is 911 g/mol. The van der Waals surface area contributed by atoms with Gasteiger partial charge in [-0.1, -0.05) is 256 Å². The van der Waals surface area contributed by atoms with E-state index >= 15 is 0 Å². The molecule has 0 spiro atoms. The van der Waals surface area contributed by atoms with Crippen LogP contribution in [0.5, 0.6) is 0 Å². The summed E-state index contributed by atoms with van der Waals surface area (Å²) in [7, 11) is 0. The van der Waals surface area contributed by atoms with E-state index in [-0.39, 0.29) is 44.0 Å². The molecule has 0 amide bonds. The van der Waals surface area contributed by atoms with Crippen LogP contribution in [0, 0.1) is 0 Å². The van der Waals surface area contributed by atoms with E-state index in [1.54, 1.807) is 0 Å². The molecular formula is C59H106O6. The summed E-state index contributed by atoms with van der Waals surface area (Å²) in [5, 5.41) is 0. The standard InChI is InChI=1S/C59H106O6/c1-4-7-10-13-16-19-22-25-27-29-30-32-34-37-40-43-46-49-52-58(61)64-55-56(54-63-57(60)51-48-45-42-39-36-33-24-21-18-15-12-9-6-3)65-59(62)53-50-47-44-41-38-35-31-28-26-23-20-17-14-11-8-5-2/h28,31,33,35-36,38,42,45,56H,4-27,29-30,32,34,37,39-41,43-44,46-55H2,1-3H3/b31-28+,36-33+,38-35+,45-42+. The first-order chi connectivity index (χ1) is 32.0. The third-order valence-corrected chi connectivity index (χ3v) is 12.3. The smallest absolute Gasteiger partial charge is 0.306 e. The predicted octanol–water partition coefficient (Wildman–Crippen LogP) is 18.7. The fourth-order valence-electron chi connectivity index (χ4n) is 8.08. The second kappa shape index (κ2) is 54.0. The second-order valence-electron chi connectivity index (χ2n) is 18.9. The molecule has 65 heavy (non-hydrogen) atoms. The molecule has 0 aliphatic heterocycles. The molecule has 0 fully saturated rings. The summed E-state index contributed by atoms with van der Waals surface area (Å²) in [6.45, 7) is 6.58. The lowest BCUT2D eigenvalue weighted by Gasteiger charge is -2.18. The number of hydrogen-bond donors (Lipinski definition) is 0. The molecule has 0 saturated carbocycles. The van der Waals surface area contributed by atoms with E-state index < -0.39 is 6.10 Å². The van der Waals surface area contributed by atoms with Crippen LogP contribution in [0.15, 0.2) is 48.6 Å². The third kappa shape index (κ3) is 52.2. The Balaban J connectivity index is 4.42. The molecule has 0 aliphatic carbocycles. The van der Waals surface area contributed by atoms with E-state index in [4.69, 9.17) is 14.2 Å². The van der Waals surface area contributed by atoms with Crippen molar-refractivity contribution in [2.24, 2.45) is 0 Å². The minimum atomic E-state index is -0.807. The molecule has 0 radical (unpaired) electrons. The minimum Gasteiger partial charge on any atom is -0.462 e. The molecule has 0 aromatic carbocycles. The lowest BCUT2D eigenvalue weighted by Crippen LogP contribution is -2.30. The molecule has 0 heterocycles. The third-order valence-electron chi connectivity index (χ3n) is 12.3. The number of esters is 3.